The predicted octanol–water partition coefficient (Wildman–Crippen LogP) is 1.81. The first-order valence-electron chi connectivity index (χ1n) is 7.06. The van der Waals surface area contributed by atoms with Crippen molar-refractivity contribution in [2.24, 2.45) is 5.92 Å². The molecule has 0 amide bonds. The molecule has 0 spiro atoms. The third-order valence-corrected chi connectivity index (χ3v) is 4.22. The lowest BCUT2D eigenvalue weighted by Gasteiger charge is -2.39. The molecule has 0 saturated heterocycles. The largest absolute Gasteiger partial charge is 0.469 e. The van der Waals surface area contributed by atoms with Crippen LogP contribution in [-0.4, -0.2) is 48.3 Å². The smallest absolute Gasteiger partial charge is 0.309 e. The second-order valence-corrected chi connectivity index (χ2v) is 5.31. The first-order valence-corrected chi connectivity index (χ1v) is 7.06. The number of hydrogen-bond acceptors (Lipinski definition) is 4. The van der Waals surface area contributed by atoms with Crippen LogP contribution in [-0.2, 0) is 9.53 Å². The maximum atomic E-state index is 11.6. The second-order valence-electron chi connectivity index (χ2n) is 5.31. The number of carbonyl (C=O) groups is 1. The molecule has 2 atom stereocenters. The molecule has 4 nitrogen and oxygen atoms in total. The second kappa shape index (κ2) is 7.74. The summed E-state index contributed by atoms with van der Waals surface area (Å²) in [6, 6.07) is 0.626. The first-order chi connectivity index (χ1) is 8.61. The Balaban J connectivity index is 2.66. The predicted molar refractivity (Wildman–Crippen MR) is 71.3 cm³/mol. The molecule has 0 radical (unpaired) electrons. The van der Waals surface area contributed by atoms with E-state index in [9.17, 15) is 9.90 Å². The zero-order chi connectivity index (χ0) is 13.5. The Morgan fingerprint density at radius 2 is 1.94 bits per heavy atom. The van der Waals surface area contributed by atoms with Gasteiger partial charge in [-0.1, -0.05) is 26.2 Å². The molecule has 1 aliphatic rings. The van der Waals surface area contributed by atoms with Crippen LogP contribution in [0.15, 0.2) is 0 Å². The van der Waals surface area contributed by atoms with E-state index in [1.54, 1.807) is 0 Å². The van der Waals surface area contributed by atoms with Crippen molar-refractivity contribution >= 4 is 5.97 Å². The molecular formula is C14H27NO3. The van der Waals surface area contributed by atoms with Crippen molar-refractivity contribution < 1.29 is 14.6 Å². The molecule has 4 heteroatoms. The summed E-state index contributed by atoms with van der Waals surface area (Å²) in [5, 5.41) is 9.24. The van der Waals surface area contributed by atoms with Gasteiger partial charge in [-0.05, 0) is 19.8 Å². The van der Waals surface area contributed by atoms with E-state index in [0.29, 0.717) is 12.6 Å². The third-order valence-electron chi connectivity index (χ3n) is 4.22. The molecule has 1 aliphatic carbocycles. The number of carbonyl (C=O) groups excluding carboxylic acids is 1. The molecule has 2 unspecified atom stereocenters. The summed E-state index contributed by atoms with van der Waals surface area (Å²) in [5.41, 5.74) is 0. The number of methoxy groups -OCH3 is 1. The highest BCUT2D eigenvalue weighted by molar-refractivity contribution is 5.72. The average Bonchev–Trinajstić information content (AvgIpc) is 2.43. The lowest BCUT2D eigenvalue weighted by atomic mass is 9.91. The zero-order valence-corrected chi connectivity index (χ0v) is 11.9. The van der Waals surface area contributed by atoms with Gasteiger partial charge in [-0.15, -0.1) is 0 Å². The van der Waals surface area contributed by atoms with Crippen molar-refractivity contribution in [2.45, 2.75) is 58.0 Å². The van der Waals surface area contributed by atoms with Gasteiger partial charge in [0.05, 0.1) is 19.6 Å². The molecule has 0 bridgehead atoms. The molecule has 0 heterocycles. The van der Waals surface area contributed by atoms with E-state index < -0.39 is 0 Å². The lowest BCUT2D eigenvalue weighted by molar-refractivity contribution is -0.147. The molecule has 1 N–H and O–H groups in total. The van der Waals surface area contributed by atoms with Gasteiger partial charge in [0.15, 0.2) is 0 Å². The van der Waals surface area contributed by atoms with Gasteiger partial charge in [-0.3, -0.25) is 9.69 Å². The number of aliphatic hydroxyl groups is 1. The highest BCUT2D eigenvalue weighted by Crippen LogP contribution is 2.26. The van der Waals surface area contributed by atoms with E-state index in [4.69, 9.17) is 4.74 Å². The van der Waals surface area contributed by atoms with Crippen LogP contribution >= 0.6 is 0 Å². The van der Waals surface area contributed by atoms with Gasteiger partial charge in [-0.25, -0.2) is 0 Å². The van der Waals surface area contributed by atoms with Crippen LogP contribution in [0.1, 0.15) is 46.0 Å². The summed E-state index contributed by atoms with van der Waals surface area (Å²) in [4.78, 5) is 13.9. The maximum Gasteiger partial charge on any atom is 0.309 e. The van der Waals surface area contributed by atoms with Crippen molar-refractivity contribution in [2.75, 3.05) is 20.3 Å². The number of esters is 1. The van der Waals surface area contributed by atoms with Gasteiger partial charge < -0.3 is 9.84 Å². The van der Waals surface area contributed by atoms with Gasteiger partial charge in [-0.2, -0.15) is 0 Å². The number of aliphatic hydroxyl groups excluding tert-OH is 1. The number of nitrogens with zero attached hydrogens (tertiary/aromatic N) is 1. The van der Waals surface area contributed by atoms with E-state index in [0.717, 1.165) is 0 Å². The number of ether oxygens (including phenoxy) is 1. The Hall–Kier alpha value is -0.610. The first kappa shape index (κ1) is 15.4. The zero-order valence-electron chi connectivity index (χ0n) is 11.9. The van der Waals surface area contributed by atoms with Gasteiger partial charge in [0.1, 0.15) is 0 Å². The molecule has 1 fully saturated rings. The highest BCUT2D eigenvalue weighted by atomic mass is 16.5. The number of rotatable bonds is 6. The van der Waals surface area contributed by atoms with Gasteiger partial charge >= 0.3 is 5.97 Å². The van der Waals surface area contributed by atoms with Crippen molar-refractivity contribution in [1.82, 2.24) is 4.90 Å². The third kappa shape index (κ3) is 3.95. The van der Waals surface area contributed by atoms with Crippen LogP contribution in [0.2, 0.25) is 0 Å². The normalized spacial score (nSPS) is 20.7. The summed E-state index contributed by atoms with van der Waals surface area (Å²) in [5.74, 6) is -0.315. The van der Waals surface area contributed by atoms with E-state index in [-0.39, 0.29) is 24.5 Å². The average molecular weight is 257 g/mol. The monoisotopic (exact) mass is 257 g/mol. The van der Waals surface area contributed by atoms with E-state index in [1.807, 2.05) is 6.92 Å². The van der Waals surface area contributed by atoms with Gasteiger partial charge in [0.2, 0.25) is 0 Å². The molecular weight excluding hydrogens is 230 g/mol. The minimum atomic E-state index is -0.166. The van der Waals surface area contributed by atoms with E-state index in [1.165, 1.54) is 39.2 Å². The van der Waals surface area contributed by atoms with Crippen LogP contribution in [0.4, 0.5) is 0 Å². The molecule has 0 aromatic heterocycles. The van der Waals surface area contributed by atoms with Gasteiger partial charge in [0.25, 0.3) is 0 Å². The Bertz CT molecular complexity index is 251. The topological polar surface area (TPSA) is 49.8 Å². The van der Waals surface area contributed by atoms with Crippen LogP contribution in [0.25, 0.3) is 0 Å². The molecule has 1 saturated carbocycles. The summed E-state index contributed by atoms with van der Waals surface area (Å²) in [6.45, 7) is 4.76. The van der Waals surface area contributed by atoms with Crippen LogP contribution in [0, 0.1) is 5.92 Å². The van der Waals surface area contributed by atoms with Crippen LogP contribution in [0.5, 0.6) is 0 Å². The van der Waals surface area contributed by atoms with Crippen molar-refractivity contribution in [1.29, 1.82) is 0 Å². The maximum absolute atomic E-state index is 11.6. The summed E-state index contributed by atoms with van der Waals surface area (Å²) < 4.78 is 4.82. The Labute approximate surface area is 110 Å². The quantitative estimate of drug-likeness (QED) is 0.737. The Morgan fingerprint density at radius 1 is 1.33 bits per heavy atom. The Morgan fingerprint density at radius 3 is 2.44 bits per heavy atom. The van der Waals surface area contributed by atoms with Crippen LogP contribution in [0.3, 0.4) is 0 Å². The minimum absolute atomic E-state index is 0.118. The fourth-order valence-corrected chi connectivity index (χ4v) is 2.92. The molecule has 1 rings (SSSR count). The summed E-state index contributed by atoms with van der Waals surface area (Å²) >= 11 is 0. The number of hydrogen-bond donors (Lipinski definition) is 1. The van der Waals surface area contributed by atoms with E-state index in [2.05, 4.69) is 11.8 Å². The minimum Gasteiger partial charge on any atom is -0.469 e. The van der Waals surface area contributed by atoms with Crippen molar-refractivity contribution in [3.8, 4) is 0 Å². The summed E-state index contributed by atoms with van der Waals surface area (Å²) in [7, 11) is 1.43. The SMILES string of the molecule is COC(=O)C(C)C(C)N(CCO)C1CCCCC1. The summed E-state index contributed by atoms with van der Waals surface area (Å²) in [6.07, 6.45) is 6.18. The fraction of sp³-hybridized carbons (Fsp3) is 0.929. The molecule has 106 valence electrons. The Kier molecular flexibility index (Phi) is 6.65. The van der Waals surface area contributed by atoms with Crippen LogP contribution < -0.4 is 0 Å². The lowest BCUT2D eigenvalue weighted by Crippen LogP contribution is -2.48. The van der Waals surface area contributed by atoms with E-state index >= 15 is 0 Å². The van der Waals surface area contributed by atoms with Crippen molar-refractivity contribution in [3.63, 3.8) is 0 Å². The molecule has 0 aliphatic heterocycles. The fourth-order valence-electron chi connectivity index (χ4n) is 2.92. The highest BCUT2D eigenvalue weighted by Gasteiger charge is 2.31. The molecule has 0 aromatic rings. The molecule has 18 heavy (non-hydrogen) atoms. The van der Waals surface area contributed by atoms with Crippen molar-refractivity contribution in [3.05, 3.63) is 0 Å². The molecule has 0 aromatic carbocycles. The standard InChI is InChI=1S/C14H27NO3/c1-11(14(17)18-3)12(2)15(9-10-16)13-7-5-4-6-8-13/h11-13,16H,4-10H2,1-3H3. The van der Waals surface area contributed by atoms with Gasteiger partial charge in [0, 0.05) is 18.6 Å².